The molecule has 142 valence electrons. The molecule has 1 heterocycles. The Morgan fingerprint density at radius 2 is 1.74 bits per heavy atom. The van der Waals surface area contributed by atoms with Crippen molar-refractivity contribution in [2.75, 3.05) is 0 Å². The molecule has 3 aromatic rings. The number of benzene rings is 2. The molecule has 0 radical (unpaired) electrons. The van der Waals surface area contributed by atoms with Gasteiger partial charge < -0.3 is 5.32 Å². The van der Waals surface area contributed by atoms with Crippen LogP contribution in [-0.2, 0) is 21.4 Å². The molecule has 1 aromatic heterocycles. The first-order valence-electron chi connectivity index (χ1n) is 8.65. The van der Waals surface area contributed by atoms with Crippen LogP contribution in [0.25, 0.3) is 10.9 Å². The monoisotopic (exact) mass is 386 g/mol. The number of amides is 1. The highest BCUT2D eigenvalue weighted by atomic mass is 32.2. The minimum Gasteiger partial charge on any atom is -0.349 e. The van der Waals surface area contributed by atoms with E-state index in [0.29, 0.717) is 0 Å². The van der Waals surface area contributed by atoms with E-state index in [0.717, 1.165) is 16.6 Å². The fourth-order valence-corrected chi connectivity index (χ4v) is 4.13. The summed E-state index contributed by atoms with van der Waals surface area (Å²) in [7, 11) is -3.79. The molecule has 0 aliphatic heterocycles. The van der Waals surface area contributed by atoms with E-state index < -0.39 is 16.1 Å². The molecule has 0 spiro atoms. The first-order valence-corrected chi connectivity index (χ1v) is 10.1. The minimum atomic E-state index is -3.79. The molecule has 1 atom stereocenters. The standard InChI is InChI=1S/C19H22N4O3S/c1-13(2)18(23-27(25,26)14-8-4-3-5-9-14)19(24)20-12-17-15-10-6-7-11-16(15)21-22-17/h3-11,13,18,23H,12H2,1-2H3,(H,20,24)(H,21,22)/t18-/m0/s1. The predicted molar refractivity (Wildman–Crippen MR) is 103 cm³/mol. The number of carbonyl (C=O) groups is 1. The minimum absolute atomic E-state index is 0.128. The highest BCUT2D eigenvalue weighted by molar-refractivity contribution is 7.89. The van der Waals surface area contributed by atoms with E-state index in [9.17, 15) is 13.2 Å². The molecule has 0 aliphatic carbocycles. The van der Waals surface area contributed by atoms with Crippen LogP contribution >= 0.6 is 0 Å². The van der Waals surface area contributed by atoms with Gasteiger partial charge in [0.1, 0.15) is 6.04 Å². The Bertz CT molecular complexity index is 1030. The van der Waals surface area contributed by atoms with Gasteiger partial charge in [0, 0.05) is 5.39 Å². The van der Waals surface area contributed by atoms with Crippen LogP contribution in [0.2, 0.25) is 0 Å². The van der Waals surface area contributed by atoms with Crippen molar-refractivity contribution in [3.05, 3.63) is 60.3 Å². The fraction of sp³-hybridized carbons (Fsp3) is 0.263. The Morgan fingerprint density at radius 1 is 1.07 bits per heavy atom. The third-order valence-corrected chi connectivity index (χ3v) is 5.72. The smallest absolute Gasteiger partial charge is 0.241 e. The van der Waals surface area contributed by atoms with Gasteiger partial charge in [-0.2, -0.15) is 9.82 Å². The number of nitrogens with zero attached hydrogens (tertiary/aromatic N) is 1. The molecule has 0 fully saturated rings. The molecule has 0 aliphatic rings. The lowest BCUT2D eigenvalue weighted by Crippen LogP contribution is -2.49. The molecule has 0 saturated heterocycles. The highest BCUT2D eigenvalue weighted by Gasteiger charge is 2.28. The van der Waals surface area contributed by atoms with Crippen molar-refractivity contribution in [2.45, 2.75) is 31.3 Å². The van der Waals surface area contributed by atoms with Crippen LogP contribution in [0.1, 0.15) is 19.5 Å². The van der Waals surface area contributed by atoms with Crippen molar-refractivity contribution in [1.82, 2.24) is 20.2 Å². The number of hydrogen-bond acceptors (Lipinski definition) is 4. The van der Waals surface area contributed by atoms with Gasteiger partial charge in [-0.05, 0) is 24.1 Å². The van der Waals surface area contributed by atoms with Gasteiger partial charge in [-0.3, -0.25) is 9.89 Å². The number of rotatable bonds is 7. The van der Waals surface area contributed by atoms with Crippen molar-refractivity contribution in [2.24, 2.45) is 5.92 Å². The Morgan fingerprint density at radius 3 is 2.44 bits per heavy atom. The van der Waals surface area contributed by atoms with Crippen molar-refractivity contribution in [1.29, 1.82) is 0 Å². The van der Waals surface area contributed by atoms with Crippen molar-refractivity contribution in [3.8, 4) is 0 Å². The molecule has 1 amide bonds. The van der Waals surface area contributed by atoms with Crippen LogP contribution in [0.15, 0.2) is 59.5 Å². The summed E-state index contributed by atoms with van der Waals surface area (Å²) in [5.41, 5.74) is 1.58. The first-order chi connectivity index (χ1) is 12.9. The second-order valence-corrected chi connectivity index (χ2v) is 8.31. The van der Waals surface area contributed by atoms with Crippen LogP contribution in [0.3, 0.4) is 0 Å². The van der Waals surface area contributed by atoms with E-state index in [1.807, 2.05) is 24.3 Å². The molecule has 2 aromatic carbocycles. The number of aromatic nitrogens is 2. The van der Waals surface area contributed by atoms with Crippen LogP contribution in [0.5, 0.6) is 0 Å². The zero-order valence-corrected chi connectivity index (χ0v) is 16.0. The average Bonchev–Trinajstić information content (AvgIpc) is 3.08. The molecular formula is C19H22N4O3S. The average molecular weight is 386 g/mol. The Kier molecular flexibility index (Phi) is 5.57. The van der Waals surface area contributed by atoms with Crippen LogP contribution < -0.4 is 10.0 Å². The number of fused-ring (bicyclic) bond motifs is 1. The number of aromatic amines is 1. The largest absolute Gasteiger partial charge is 0.349 e. The fourth-order valence-electron chi connectivity index (χ4n) is 2.76. The summed E-state index contributed by atoms with van der Waals surface area (Å²) in [6.45, 7) is 3.82. The number of carbonyl (C=O) groups excluding carboxylic acids is 1. The third kappa shape index (κ3) is 4.35. The molecule has 7 nitrogen and oxygen atoms in total. The molecule has 27 heavy (non-hydrogen) atoms. The summed E-state index contributed by atoms with van der Waals surface area (Å²) in [6.07, 6.45) is 0. The van der Waals surface area contributed by atoms with E-state index in [1.165, 1.54) is 12.1 Å². The first kappa shape index (κ1) is 19.1. The van der Waals surface area contributed by atoms with Gasteiger partial charge in [-0.25, -0.2) is 8.42 Å². The predicted octanol–water partition coefficient (Wildman–Crippen LogP) is 2.18. The van der Waals surface area contributed by atoms with Crippen molar-refractivity contribution < 1.29 is 13.2 Å². The van der Waals surface area contributed by atoms with Gasteiger partial charge in [0.25, 0.3) is 0 Å². The Hall–Kier alpha value is -2.71. The van der Waals surface area contributed by atoms with Crippen LogP contribution in [-0.4, -0.2) is 30.6 Å². The van der Waals surface area contributed by atoms with Gasteiger partial charge >= 0.3 is 0 Å². The molecule has 3 N–H and O–H groups in total. The zero-order valence-electron chi connectivity index (χ0n) is 15.1. The lowest BCUT2D eigenvalue weighted by atomic mass is 10.0. The highest BCUT2D eigenvalue weighted by Crippen LogP contribution is 2.15. The third-order valence-electron chi connectivity index (χ3n) is 4.26. The van der Waals surface area contributed by atoms with Crippen molar-refractivity contribution in [3.63, 3.8) is 0 Å². The molecule has 3 rings (SSSR count). The number of sulfonamides is 1. The SMILES string of the molecule is CC(C)[C@H](NS(=O)(=O)c1ccccc1)C(=O)NCc1[nH]nc2ccccc12. The molecule has 8 heteroatoms. The second-order valence-electron chi connectivity index (χ2n) is 6.59. The van der Waals surface area contributed by atoms with E-state index in [-0.39, 0.29) is 23.3 Å². The molecule has 0 saturated carbocycles. The van der Waals surface area contributed by atoms with Crippen LogP contribution in [0, 0.1) is 5.92 Å². The van der Waals surface area contributed by atoms with E-state index in [2.05, 4.69) is 20.2 Å². The number of hydrogen-bond donors (Lipinski definition) is 3. The van der Waals surface area contributed by atoms with E-state index in [1.54, 1.807) is 32.0 Å². The van der Waals surface area contributed by atoms with E-state index in [4.69, 9.17) is 0 Å². The zero-order chi connectivity index (χ0) is 19.4. The lowest BCUT2D eigenvalue weighted by molar-refractivity contribution is -0.123. The second kappa shape index (κ2) is 7.89. The summed E-state index contributed by atoms with van der Waals surface area (Å²) in [5.74, 6) is -0.606. The summed E-state index contributed by atoms with van der Waals surface area (Å²) >= 11 is 0. The van der Waals surface area contributed by atoms with Gasteiger partial charge in [-0.1, -0.05) is 50.2 Å². The number of nitrogens with one attached hydrogen (secondary N) is 3. The normalized spacial score (nSPS) is 13.0. The van der Waals surface area contributed by atoms with Gasteiger partial charge in [0.15, 0.2) is 0 Å². The maximum atomic E-state index is 12.7. The van der Waals surface area contributed by atoms with Crippen molar-refractivity contribution >= 4 is 26.8 Å². The maximum absolute atomic E-state index is 12.7. The quantitative estimate of drug-likeness (QED) is 0.579. The van der Waals surface area contributed by atoms with Gasteiger partial charge in [0.05, 0.1) is 22.7 Å². The van der Waals surface area contributed by atoms with E-state index >= 15 is 0 Å². The summed E-state index contributed by atoms with van der Waals surface area (Å²) in [4.78, 5) is 12.8. The Balaban J connectivity index is 1.72. The summed E-state index contributed by atoms with van der Waals surface area (Å²) < 4.78 is 27.6. The topological polar surface area (TPSA) is 104 Å². The maximum Gasteiger partial charge on any atom is 0.241 e. The number of para-hydroxylation sites is 1. The summed E-state index contributed by atoms with van der Waals surface area (Å²) in [6, 6.07) is 14.7. The summed E-state index contributed by atoms with van der Waals surface area (Å²) in [5, 5.41) is 10.8. The van der Waals surface area contributed by atoms with Crippen LogP contribution in [0.4, 0.5) is 0 Å². The molecule has 0 bridgehead atoms. The lowest BCUT2D eigenvalue weighted by Gasteiger charge is -2.21. The Labute approximate surface area is 158 Å². The number of H-pyrrole nitrogens is 1. The van der Waals surface area contributed by atoms with Gasteiger partial charge in [0.2, 0.25) is 15.9 Å². The molecular weight excluding hydrogens is 364 g/mol. The van der Waals surface area contributed by atoms with Gasteiger partial charge in [-0.15, -0.1) is 0 Å². The molecule has 0 unspecified atom stereocenters.